The summed E-state index contributed by atoms with van der Waals surface area (Å²) in [7, 11) is 0. The summed E-state index contributed by atoms with van der Waals surface area (Å²) in [5.41, 5.74) is 3.47. The van der Waals surface area contributed by atoms with Crippen molar-refractivity contribution in [3.05, 3.63) is 107 Å². The Labute approximate surface area is 194 Å². The lowest BCUT2D eigenvalue weighted by Gasteiger charge is -2.15. The Hall–Kier alpha value is -5.20. The number of para-hydroxylation sites is 3. The summed E-state index contributed by atoms with van der Waals surface area (Å²) in [5, 5.41) is 21.3. The van der Waals surface area contributed by atoms with Crippen LogP contribution in [0.2, 0.25) is 0 Å². The van der Waals surface area contributed by atoms with Gasteiger partial charge in [0, 0.05) is 10.8 Å². The molecule has 0 saturated heterocycles. The molecule has 0 saturated carbocycles. The molecule has 158 valence electrons. The molecule has 6 nitrogen and oxygen atoms in total. The lowest BCUT2D eigenvalue weighted by Crippen LogP contribution is -2.29. The van der Waals surface area contributed by atoms with E-state index in [-0.39, 0.29) is 11.1 Å². The van der Waals surface area contributed by atoms with Crippen molar-refractivity contribution in [2.45, 2.75) is 0 Å². The lowest BCUT2D eigenvalue weighted by molar-refractivity contribution is 0.0926. The van der Waals surface area contributed by atoms with Crippen LogP contribution in [0.3, 0.4) is 0 Å². The first-order valence-corrected chi connectivity index (χ1v) is 10.6. The molecule has 0 unspecified atom stereocenters. The SMILES string of the molecule is N#Cc1cccc2c3cccc(C#N)c3n(-c3cccc4c3C(=O)N(c3ccccc3)C4=O)c12. The molecular formula is C28H14N4O2. The van der Waals surface area contributed by atoms with Gasteiger partial charge in [-0.15, -0.1) is 0 Å². The molecule has 1 aliphatic rings. The summed E-state index contributed by atoms with van der Waals surface area (Å²) in [6.07, 6.45) is 0. The molecule has 4 aromatic carbocycles. The number of benzene rings is 4. The second-order valence-corrected chi connectivity index (χ2v) is 7.94. The monoisotopic (exact) mass is 438 g/mol. The standard InChI is InChI=1S/C28H14N4O2/c29-15-17-7-4-11-20-21-12-5-8-18(16-30)26(21)32(25(17)20)23-14-6-13-22-24(23)28(34)31(27(22)33)19-9-2-1-3-10-19/h1-14H. The molecule has 2 heterocycles. The maximum absolute atomic E-state index is 13.7. The van der Waals surface area contributed by atoms with Gasteiger partial charge in [-0.05, 0) is 36.4 Å². The Bertz CT molecular complexity index is 1700. The fourth-order valence-electron chi connectivity index (χ4n) is 4.80. The third-order valence-corrected chi connectivity index (χ3v) is 6.20. The molecule has 0 bridgehead atoms. The van der Waals surface area contributed by atoms with Crippen LogP contribution in [0.4, 0.5) is 5.69 Å². The molecule has 0 radical (unpaired) electrons. The predicted molar refractivity (Wildman–Crippen MR) is 128 cm³/mol. The number of fused-ring (bicyclic) bond motifs is 4. The average molecular weight is 438 g/mol. The number of imide groups is 1. The Morgan fingerprint density at radius 1 is 0.618 bits per heavy atom. The molecule has 1 aromatic heterocycles. The number of amides is 2. The number of carbonyl (C=O) groups is 2. The zero-order chi connectivity index (χ0) is 23.4. The van der Waals surface area contributed by atoms with Crippen molar-refractivity contribution >= 4 is 39.3 Å². The topological polar surface area (TPSA) is 89.9 Å². The summed E-state index contributed by atoms with van der Waals surface area (Å²) in [5.74, 6) is -0.851. The van der Waals surface area contributed by atoms with E-state index in [4.69, 9.17) is 0 Å². The van der Waals surface area contributed by atoms with Gasteiger partial charge in [0.05, 0.1) is 44.7 Å². The first-order valence-electron chi connectivity index (χ1n) is 10.6. The van der Waals surface area contributed by atoms with Gasteiger partial charge in [0.1, 0.15) is 12.1 Å². The summed E-state index contributed by atoms with van der Waals surface area (Å²) >= 11 is 0. The van der Waals surface area contributed by atoms with Crippen LogP contribution in [0.25, 0.3) is 27.5 Å². The molecule has 5 aromatic rings. The van der Waals surface area contributed by atoms with Crippen molar-refractivity contribution in [2.24, 2.45) is 0 Å². The van der Waals surface area contributed by atoms with Gasteiger partial charge in [0.25, 0.3) is 11.8 Å². The highest BCUT2D eigenvalue weighted by Gasteiger charge is 2.39. The van der Waals surface area contributed by atoms with E-state index < -0.39 is 11.8 Å². The molecule has 6 heteroatoms. The van der Waals surface area contributed by atoms with E-state index in [0.29, 0.717) is 33.5 Å². The number of aromatic nitrogens is 1. The number of hydrogen-bond donors (Lipinski definition) is 0. The van der Waals surface area contributed by atoms with Crippen LogP contribution in [0.1, 0.15) is 31.8 Å². The van der Waals surface area contributed by atoms with Gasteiger partial charge in [-0.2, -0.15) is 10.5 Å². The fourth-order valence-corrected chi connectivity index (χ4v) is 4.80. The Kier molecular flexibility index (Phi) is 4.10. The number of hydrogen-bond acceptors (Lipinski definition) is 4. The highest BCUT2D eigenvalue weighted by molar-refractivity contribution is 6.35. The molecule has 0 atom stereocenters. The van der Waals surface area contributed by atoms with E-state index in [1.165, 1.54) is 4.90 Å². The number of anilines is 1. The van der Waals surface area contributed by atoms with Gasteiger partial charge in [-0.25, -0.2) is 4.90 Å². The summed E-state index contributed by atoms with van der Waals surface area (Å²) < 4.78 is 1.78. The second kappa shape index (κ2) is 7.16. The van der Waals surface area contributed by atoms with Crippen molar-refractivity contribution in [1.82, 2.24) is 4.57 Å². The van der Waals surface area contributed by atoms with Crippen LogP contribution in [-0.4, -0.2) is 16.4 Å². The Balaban J connectivity index is 1.74. The molecule has 0 N–H and O–H groups in total. The van der Waals surface area contributed by atoms with Gasteiger partial charge in [-0.1, -0.05) is 48.5 Å². The fraction of sp³-hybridized carbons (Fsp3) is 0. The third-order valence-electron chi connectivity index (χ3n) is 6.20. The molecule has 6 rings (SSSR count). The maximum Gasteiger partial charge on any atom is 0.268 e. The van der Waals surface area contributed by atoms with Crippen LogP contribution in [0.15, 0.2) is 84.9 Å². The molecule has 1 aliphatic heterocycles. The molecule has 0 aliphatic carbocycles. The van der Waals surface area contributed by atoms with E-state index in [1.807, 2.05) is 18.2 Å². The van der Waals surface area contributed by atoms with Crippen molar-refractivity contribution in [3.63, 3.8) is 0 Å². The zero-order valence-electron chi connectivity index (χ0n) is 17.7. The second-order valence-electron chi connectivity index (χ2n) is 7.94. The third kappa shape index (κ3) is 2.48. The Morgan fingerprint density at radius 3 is 1.79 bits per heavy atom. The Morgan fingerprint density at radius 2 is 1.21 bits per heavy atom. The highest BCUT2D eigenvalue weighted by Crippen LogP contribution is 2.39. The van der Waals surface area contributed by atoms with Crippen molar-refractivity contribution in [3.8, 4) is 17.8 Å². The molecule has 34 heavy (non-hydrogen) atoms. The maximum atomic E-state index is 13.7. The summed E-state index contributed by atoms with van der Waals surface area (Å²) in [6, 6.07) is 29.1. The lowest BCUT2D eigenvalue weighted by atomic mass is 10.1. The molecule has 2 amide bonds. The van der Waals surface area contributed by atoms with E-state index in [9.17, 15) is 20.1 Å². The molecular weight excluding hydrogens is 424 g/mol. The number of rotatable bonds is 2. The van der Waals surface area contributed by atoms with E-state index in [0.717, 1.165) is 10.8 Å². The largest absolute Gasteiger partial charge is 0.306 e. The normalized spacial score (nSPS) is 12.7. The first kappa shape index (κ1) is 19.5. The molecule has 0 fully saturated rings. The number of nitriles is 2. The highest BCUT2D eigenvalue weighted by atomic mass is 16.2. The minimum absolute atomic E-state index is 0.246. The zero-order valence-corrected chi connectivity index (χ0v) is 17.7. The average Bonchev–Trinajstić information content (AvgIpc) is 3.36. The van der Waals surface area contributed by atoms with Crippen molar-refractivity contribution < 1.29 is 9.59 Å². The smallest absolute Gasteiger partial charge is 0.268 e. The van der Waals surface area contributed by atoms with Crippen molar-refractivity contribution in [1.29, 1.82) is 10.5 Å². The minimum atomic E-state index is -0.444. The molecule has 0 spiro atoms. The van der Waals surface area contributed by atoms with Gasteiger partial charge >= 0.3 is 0 Å². The van der Waals surface area contributed by atoms with Crippen LogP contribution < -0.4 is 4.90 Å². The van der Waals surface area contributed by atoms with Gasteiger partial charge in [-0.3, -0.25) is 9.59 Å². The van der Waals surface area contributed by atoms with Crippen LogP contribution in [-0.2, 0) is 0 Å². The number of nitrogens with zero attached hydrogens (tertiary/aromatic N) is 4. The van der Waals surface area contributed by atoms with Gasteiger partial charge in [0.2, 0.25) is 0 Å². The van der Waals surface area contributed by atoms with Crippen LogP contribution >= 0.6 is 0 Å². The van der Waals surface area contributed by atoms with Gasteiger partial charge in [0.15, 0.2) is 0 Å². The quantitative estimate of drug-likeness (QED) is 0.349. The predicted octanol–water partition coefficient (Wildman–Crippen LogP) is 5.33. The van der Waals surface area contributed by atoms with Crippen LogP contribution in [0.5, 0.6) is 0 Å². The van der Waals surface area contributed by atoms with Crippen LogP contribution in [0, 0.1) is 22.7 Å². The minimum Gasteiger partial charge on any atom is -0.306 e. The van der Waals surface area contributed by atoms with E-state index in [1.54, 1.807) is 71.3 Å². The number of carbonyl (C=O) groups excluding carboxylic acids is 2. The first-order chi connectivity index (χ1) is 16.7. The van der Waals surface area contributed by atoms with E-state index in [2.05, 4.69) is 12.1 Å². The summed E-state index contributed by atoms with van der Waals surface area (Å²) in [6.45, 7) is 0. The van der Waals surface area contributed by atoms with Crippen molar-refractivity contribution in [2.75, 3.05) is 4.90 Å². The van der Waals surface area contributed by atoms with E-state index >= 15 is 0 Å². The van der Waals surface area contributed by atoms with Gasteiger partial charge < -0.3 is 4.57 Å². The summed E-state index contributed by atoms with van der Waals surface area (Å²) in [4.78, 5) is 28.1.